The summed E-state index contributed by atoms with van der Waals surface area (Å²) in [6.07, 6.45) is 5.45. The number of carbonyl (C=O) groups excluding carboxylic acids is 1. The molecule has 0 atom stereocenters. The van der Waals surface area contributed by atoms with Crippen molar-refractivity contribution in [1.29, 1.82) is 0 Å². The van der Waals surface area contributed by atoms with Crippen molar-refractivity contribution in [2.24, 2.45) is 5.92 Å². The van der Waals surface area contributed by atoms with E-state index in [0.717, 1.165) is 31.5 Å². The van der Waals surface area contributed by atoms with E-state index in [9.17, 15) is 4.79 Å². The summed E-state index contributed by atoms with van der Waals surface area (Å²) in [7, 11) is 0. The van der Waals surface area contributed by atoms with Gasteiger partial charge in [0.25, 0.3) is 0 Å². The van der Waals surface area contributed by atoms with E-state index in [1.54, 1.807) is 18.5 Å². The number of halogens is 2. The smallest absolute Gasteiger partial charge is 0.227 e. The first-order chi connectivity index (χ1) is 12.1. The fraction of sp³-hybridized carbons (Fsp3) is 0.368. The Hall–Kier alpha value is -1.78. The van der Waals surface area contributed by atoms with Crippen LogP contribution in [0.2, 0.25) is 10.0 Å². The molecule has 1 aromatic carbocycles. The van der Waals surface area contributed by atoms with E-state index in [1.807, 2.05) is 29.2 Å². The maximum Gasteiger partial charge on any atom is 0.227 e. The van der Waals surface area contributed by atoms with Crippen LogP contribution in [-0.2, 0) is 11.2 Å². The minimum atomic E-state index is 0.129. The number of aromatic nitrogens is 1. The second kappa shape index (κ2) is 8.54. The van der Waals surface area contributed by atoms with Crippen molar-refractivity contribution in [3.05, 3.63) is 58.3 Å². The Morgan fingerprint density at radius 2 is 1.92 bits per heavy atom. The largest absolute Gasteiger partial charge is 0.492 e. The highest BCUT2D eigenvalue weighted by Crippen LogP contribution is 2.25. The van der Waals surface area contributed by atoms with E-state index in [4.69, 9.17) is 27.9 Å². The highest BCUT2D eigenvalue weighted by Gasteiger charge is 2.23. The number of pyridine rings is 1. The van der Waals surface area contributed by atoms with Crippen LogP contribution in [-0.4, -0.2) is 35.5 Å². The van der Waals surface area contributed by atoms with E-state index in [0.29, 0.717) is 34.7 Å². The number of carbonyl (C=O) groups is 1. The molecule has 4 nitrogen and oxygen atoms in total. The van der Waals surface area contributed by atoms with Crippen LogP contribution in [0.25, 0.3) is 0 Å². The minimum Gasteiger partial charge on any atom is -0.492 e. The number of ether oxygens (including phenoxy) is 1. The van der Waals surface area contributed by atoms with Gasteiger partial charge in [-0.2, -0.15) is 0 Å². The SMILES string of the molecule is O=C(Cc1ccccc1Cl)N1CCC(COc2ccncc2Cl)CC1. The van der Waals surface area contributed by atoms with Crippen LogP contribution < -0.4 is 4.74 Å². The third-order valence-electron chi connectivity index (χ3n) is 4.48. The van der Waals surface area contributed by atoms with E-state index in [-0.39, 0.29) is 5.91 Å². The zero-order chi connectivity index (χ0) is 17.6. The lowest BCUT2D eigenvalue weighted by atomic mass is 9.97. The van der Waals surface area contributed by atoms with Crippen molar-refractivity contribution in [3.8, 4) is 5.75 Å². The Kier molecular flexibility index (Phi) is 6.16. The minimum absolute atomic E-state index is 0.129. The molecule has 1 fully saturated rings. The van der Waals surface area contributed by atoms with Crippen LogP contribution in [0.15, 0.2) is 42.7 Å². The Morgan fingerprint density at radius 1 is 1.16 bits per heavy atom. The molecule has 0 saturated carbocycles. The molecule has 25 heavy (non-hydrogen) atoms. The van der Waals surface area contributed by atoms with E-state index in [2.05, 4.69) is 4.98 Å². The van der Waals surface area contributed by atoms with Gasteiger partial charge in [-0.25, -0.2) is 0 Å². The van der Waals surface area contributed by atoms with Gasteiger partial charge in [-0.15, -0.1) is 0 Å². The monoisotopic (exact) mass is 378 g/mol. The highest BCUT2D eigenvalue weighted by molar-refractivity contribution is 6.32. The van der Waals surface area contributed by atoms with Gasteiger partial charge in [-0.3, -0.25) is 9.78 Å². The maximum atomic E-state index is 12.5. The van der Waals surface area contributed by atoms with Gasteiger partial charge in [0.1, 0.15) is 10.8 Å². The van der Waals surface area contributed by atoms with Crippen LogP contribution in [0.5, 0.6) is 5.75 Å². The third-order valence-corrected chi connectivity index (χ3v) is 5.13. The number of hydrogen-bond acceptors (Lipinski definition) is 3. The third kappa shape index (κ3) is 4.86. The number of rotatable bonds is 5. The quantitative estimate of drug-likeness (QED) is 0.780. The average Bonchev–Trinajstić information content (AvgIpc) is 2.63. The van der Waals surface area contributed by atoms with Crippen LogP contribution >= 0.6 is 23.2 Å². The number of nitrogens with zero attached hydrogens (tertiary/aromatic N) is 2. The van der Waals surface area contributed by atoms with Gasteiger partial charge < -0.3 is 9.64 Å². The first-order valence-corrected chi connectivity index (χ1v) is 9.12. The van der Waals surface area contributed by atoms with E-state index < -0.39 is 0 Å². The normalized spacial score (nSPS) is 15.2. The molecule has 1 aromatic heterocycles. The molecule has 0 bridgehead atoms. The Balaban J connectivity index is 1.46. The molecule has 0 spiro atoms. The van der Waals surface area contributed by atoms with Crippen molar-refractivity contribution >= 4 is 29.1 Å². The summed E-state index contributed by atoms with van der Waals surface area (Å²) in [5, 5.41) is 1.17. The van der Waals surface area contributed by atoms with Crippen LogP contribution in [0, 0.1) is 5.92 Å². The first kappa shape index (κ1) is 18.0. The second-order valence-corrected chi connectivity index (χ2v) is 7.02. The van der Waals surface area contributed by atoms with Gasteiger partial charge in [-0.1, -0.05) is 41.4 Å². The van der Waals surface area contributed by atoms with E-state index >= 15 is 0 Å². The number of piperidine rings is 1. The summed E-state index contributed by atoms with van der Waals surface area (Å²) in [5.74, 6) is 1.21. The molecular weight excluding hydrogens is 359 g/mol. The predicted octanol–water partition coefficient (Wildman–Crippen LogP) is 4.25. The molecule has 1 aliphatic rings. The summed E-state index contributed by atoms with van der Waals surface area (Å²) in [6, 6.07) is 9.26. The van der Waals surface area contributed by atoms with Crippen molar-refractivity contribution < 1.29 is 9.53 Å². The molecule has 0 unspecified atom stereocenters. The Bertz CT molecular complexity index is 731. The van der Waals surface area contributed by atoms with E-state index in [1.165, 1.54) is 0 Å². The second-order valence-electron chi connectivity index (χ2n) is 6.21. The summed E-state index contributed by atoms with van der Waals surface area (Å²) in [5.41, 5.74) is 0.881. The molecule has 6 heteroatoms. The topological polar surface area (TPSA) is 42.4 Å². The number of likely N-dealkylation sites (tertiary alicyclic amines) is 1. The molecule has 2 heterocycles. The molecule has 1 saturated heterocycles. The summed E-state index contributed by atoms with van der Waals surface area (Å²) in [6.45, 7) is 2.11. The predicted molar refractivity (Wildman–Crippen MR) is 99.2 cm³/mol. The van der Waals surface area contributed by atoms with Crippen LogP contribution in [0.4, 0.5) is 0 Å². The Morgan fingerprint density at radius 3 is 2.64 bits per heavy atom. The zero-order valence-electron chi connectivity index (χ0n) is 13.8. The lowest BCUT2D eigenvalue weighted by Gasteiger charge is -2.32. The first-order valence-electron chi connectivity index (χ1n) is 8.37. The zero-order valence-corrected chi connectivity index (χ0v) is 15.3. The molecular formula is C19H20Cl2N2O2. The number of hydrogen-bond donors (Lipinski definition) is 0. The molecule has 0 radical (unpaired) electrons. The van der Waals surface area contributed by atoms with Gasteiger partial charge in [0.05, 0.1) is 13.0 Å². The van der Waals surface area contributed by atoms with Crippen LogP contribution in [0.1, 0.15) is 18.4 Å². The van der Waals surface area contributed by atoms with Crippen molar-refractivity contribution in [2.45, 2.75) is 19.3 Å². The highest BCUT2D eigenvalue weighted by atomic mass is 35.5. The van der Waals surface area contributed by atoms with Gasteiger partial charge in [0, 0.05) is 36.6 Å². The number of amides is 1. The molecule has 0 aliphatic carbocycles. The fourth-order valence-electron chi connectivity index (χ4n) is 2.95. The number of benzene rings is 1. The van der Waals surface area contributed by atoms with Gasteiger partial charge in [0.2, 0.25) is 5.91 Å². The summed E-state index contributed by atoms with van der Waals surface area (Å²) in [4.78, 5) is 18.3. The van der Waals surface area contributed by atoms with Crippen molar-refractivity contribution in [1.82, 2.24) is 9.88 Å². The van der Waals surface area contributed by atoms with Crippen LogP contribution in [0.3, 0.4) is 0 Å². The molecule has 132 valence electrons. The summed E-state index contributed by atoms with van der Waals surface area (Å²) >= 11 is 12.2. The van der Waals surface area contributed by atoms with Gasteiger partial charge in [-0.05, 0) is 30.4 Å². The van der Waals surface area contributed by atoms with Gasteiger partial charge in [0.15, 0.2) is 0 Å². The summed E-state index contributed by atoms with van der Waals surface area (Å²) < 4.78 is 5.79. The fourth-order valence-corrected chi connectivity index (χ4v) is 3.33. The average molecular weight is 379 g/mol. The molecule has 1 amide bonds. The molecule has 3 rings (SSSR count). The molecule has 0 N–H and O–H groups in total. The Labute approximate surface area is 157 Å². The standard InChI is InChI=1S/C19H20Cl2N2O2/c20-16-4-2-1-3-15(16)11-19(24)23-9-6-14(7-10-23)13-25-18-5-8-22-12-17(18)21/h1-5,8,12,14H,6-7,9-11,13H2. The van der Waals surface area contributed by atoms with Gasteiger partial charge >= 0.3 is 0 Å². The maximum absolute atomic E-state index is 12.5. The molecule has 1 aliphatic heterocycles. The molecule has 2 aromatic rings. The lowest BCUT2D eigenvalue weighted by Crippen LogP contribution is -2.40. The van der Waals surface area contributed by atoms with Crippen molar-refractivity contribution in [2.75, 3.05) is 19.7 Å². The van der Waals surface area contributed by atoms with Crippen molar-refractivity contribution in [3.63, 3.8) is 0 Å². The lowest BCUT2D eigenvalue weighted by molar-refractivity contribution is -0.132.